The van der Waals surface area contributed by atoms with Gasteiger partial charge in [-0.05, 0) is 25.3 Å². The van der Waals surface area contributed by atoms with Crippen molar-refractivity contribution in [2.24, 2.45) is 7.05 Å². The third-order valence-electron chi connectivity index (χ3n) is 5.97. The highest BCUT2D eigenvalue weighted by Crippen LogP contribution is 2.36. The van der Waals surface area contributed by atoms with Crippen LogP contribution in [0.4, 0.5) is 5.82 Å². The first-order valence-electron chi connectivity index (χ1n) is 10.4. The minimum Gasteiger partial charge on any atom is -0.381 e. The molecule has 0 aliphatic carbocycles. The van der Waals surface area contributed by atoms with E-state index in [4.69, 9.17) is 4.74 Å². The number of hydrogen-bond acceptors (Lipinski definition) is 6. The van der Waals surface area contributed by atoms with Gasteiger partial charge >= 0.3 is 0 Å². The lowest BCUT2D eigenvalue weighted by molar-refractivity contribution is -0.125. The summed E-state index contributed by atoms with van der Waals surface area (Å²) in [5.41, 5.74) is 1.02. The maximum absolute atomic E-state index is 13.7. The van der Waals surface area contributed by atoms with Crippen LogP contribution >= 0.6 is 0 Å². The average Bonchev–Trinajstić information content (AvgIpc) is 3.37. The highest BCUT2D eigenvalue weighted by atomic mass is 16.5. The Morgan fingerprint density at radius 2 is 1.97 bits per heavy atom. The van der Waals surface area contributed by atoms with Gasteiger partial charge in [-0.15, -0.1) is 0 Å². The molecule has 1 aliphatic rings. The van der Waals surface area contributed by atoms with E-state index in [0.717, 1.165) is 5.56 Å². The molecule has 5 rings (SSSR count). The highest BCUT2D eigenvalue weighted by molar-refractivity contribution is 5.99. The zero-order valence-corrected chi connectivity index (χ0v) is 17.8. The van der Waals surface area contributed by atoms with Crippen molar-refractivity contribution < 1.29 is 9.53 Å². The molecule has 10 heteroatoms. The van der Waals surface area contributed by atoms with E-state index in [-0.39, 0.29) is 17.4 Å². The van der Waals surface area contributed by atoms with E-state index in [1.807, 2.05) is 37.3 Å². The summed E-state index contributed by atoms with van der Waals surface area (Å²) in [7, 11) is 1.71. The Morgan fingerprint density at radius 3 is 2.72 bits per heavy atom. The Hall–Kier alpha value is -3.79. The number of anilines is 1. The Kier molecular flexibility index (Phi) is 4.86. The average molecular weight is 433 g/mol. The number of nitrogens with zero attached hydrogens (tertiary/aromatic N) is 5. The first-order chi connectivity index (χ1) is 15.5. The van der Waals surface area contributed by atoms with Crippen LogP contribution in [0.15, 0.2) is 47.4 Å². The molecule has 2 N–H and O–H groups in total. The van der Waals surface area contributed by atoms with Crippen LogP contribution in [-0.2, 0) is 22.0 Å². The first kappa shape index (κ1) is 20.1. The lowest BCUT2D eigenvalue weighted by Crippen LogP contribution is -2.45. The van der Waals surface area contributed by atoms with E-state index in [2.05, 4.69) is 25.5 Å². The molecule has 0 saturated carbocycles. The molecule has 4 heterocycles. The van der Waals surface area contributed by atoms with E-state index in [1.54, 1.807) is 13.1 Å². The fourth-order valence-electron chi connectivity index (χ4n) is 4.23. The molecule has 0 radical (unpaired) electrons. The standard InChI is InChI=1S/C22H23N7O3/c1-14-12-17(29(27-14)21-25-18-16(19(30)26-21)13-23-28(18)2)24-20(31)22(8-10-32-11-9-22)15-6-4-3-5-7-15/h3-7,12-13H,8-11H2,1-2H3,(H,24,31)(H,25,26,30). The smallest absolute Gasteiger partial charge is 0.263 e. The SMILES string of the molecule is Cc1cc(NC(=O)C2(c3ccccc3)CCOCC2)n(-c2nc3c(cnn3C)c(=O)[nH]2)n1. The largest absolute Gasteiger partial charge is 0.381 e. The van der Waals surface area contributed by atoms with Crippen LogP contribution in [0.3, 0.4) is 0 Å². The van der Waals surface area contributed by atoms with E-state index in [9.17, 15) is 9.59 Å². The summed E-state index contributed by atoms with van der Waals surface area (Å²) in [6.07, 6.45) is 2.62. The van der Waals surface area contributed by atoms with Crippen LogP contribution < -0.4 is 10.9 Å². The zero-order chi connectivity index (χ0) is 22.3. The molecule has 4 aromatic rings. The lowest BCUT2D eigenvalue weighted by atomic mass is 9.73. The Labute approximate surface area is 183 Å². The molecule has 1 amide bonds. The van der Waals surface area contributed by atoms with Gasteiger partial charge in [-0.3, -0.25) is 19.3 Å². The van der Waals surface area contributed by atoms with Gasteiger partial charge in [-0.25, -0.2) is 0 Å². The van der Waals surface area contributed by atoms with Crippen molar-refractivity contribution in [3.8, 4) is 5.95 Å². The summed E-state index contributed by atoms with van der Waals surface area (Å²) in [5.74, 6) is 0.492. The number of aromatic nitrogens is 6. The summed E-state index contributed by atoms with van der Waals surface area (Å²) in [4.78, 5) is 33.4. The van der Waals surface area contributed by atoms with E-state index < -0.39 is 5.41 Å². The van der Waals surface area contributed by atoms with Crippen LogP contribution in [0.25, 0.3) is 17.0 Å². The fraction of sp³-hybridized carbons (Fsp3) is 0.318. The first-order valence-corrected chi connectivity index (χ1v) is 10.4. The maximum atomic E-state index is 13.7. The number of fused-ring (bicyclic) bond motifs is 1. The van der Waals surface area contributed by atoms with Gasteiger partial charge in [0.05, 0.1) is 17.3 Å². The van der Waals surface area contributed by atoms with Crippen molar-refractivity contribution in [1.82, 2.24) is 29.5 Å². The number of amides is 1. The number of rotatable bonds is 4. The van der Waals surface area contributed by atoms with Crippen LogP contribution in [0.5, 0.6) is 0 Å². The molecule has 10 nitrogen and oxygen atoms in total. The number of aryl methyl sites for hydroxylation is 2. The zero-order valence-electron chi connectivity index (χ0n) is 17.8. The van der Waals surface area contributed by atoms with Crippen LogP contribution in [0.1, 0.15) is 24.1 Å². The Balaban J connectivity index is 1.55. The van der Waals surface area contributed by atoms with Gasteiger partial charge in [0, 0.05) is 26.3 Å². The van der Waals surface area contributed by atoms with Gasteiger partial charge in [-0.1, -0.05) is 30.3 Å². The molecule has 1 aliphatic heterocycles. The molecule has 1 saturated heterocycles. The topological polar surface area (TPSA) is 120 Å². The fourth-order valence-corrected chi connectivity index (χ4v) is 4.23. The Morgan fingerprint density at radius 1 is 1.22 bits per heavy atom. The van der Waals surface area contributed by atoms with Gasteiger partial charge in [-0.2, -0.15) is 19.9 Å². The van der Waals surface area contributed by atoms with Gasteiger partial charge in [0.2, 0.25) is 11.9 Å². The number of ether oxygens (including phenoxy) is 1. The van der Waals surface area contributed by atoms with E-state index in [1.165, 1.54) is 15.6 Å². The van der Waals surface area contributed by atoms with Crippen molar-refractivity contribution in [3.05, 3.63) is 64.2 Å². The maximum Gasteiger partial charge on any atom is 0.263 e. The molecule has 3 aromatic heterocycles. The van der Waals surface area contributed by atoms with Crippen LogP contribution in [0.2, 0.25) is 0 Å². The van der Waals surface area contributed by atoms with Crippen molar-refractivity contribution in [2.75, 3.05) is 18.5 Å². The number of carbonyl (C=O) groups excluding carboxylic acids is 1. The second kappa shape index (κ2) is 7.72. The summed E-state index contributed by atoms with van der Waals surface area (Å²) >= 11 is 0. The molecule has 0 bridgehead atoms. The molecular formula is C22H23N7O3. The van der Waals surface area contributed by atoms with Crippen LogP contribution in [0, 0.1) is 6.92 Å². The predicted octanol–water partition coefficient (Wildman–Crippen LogP) is 1.84. The number of nitrogens with one attached hydrogen (secondary N) is 2. The van der Waals surface area contributed by atoms with Gasteiger partial charge in [0.1, 0.15) is 11.2 Å². The van der Waals surface area contributed by atoms with Gasteiger partial charge in [0.25, 0.3) is 5.56 Å². The molecule has 0 atom stereocenters. The molecular weight excluding hydrogens is 410 g/mol. The van der Waals surface area contributed by atoms with E-state index in [0.29, 0.717) is 48.6 Å². The minimum atomic E-state index is -0.713. The quantitative estimate of drug-likeness (QED) is 0.507. The molecule has 0 unspecified atom stereocenters. The van der Waals surface area contributed by atoms with Crippen molar-refractivity contribution in [2.45, 2.75) is 25.2 Å². The normalized spacial score (nSPS) is 15.7. The third kappa shape index (κ3) is 3.28. The number of hydrogen-bond donors (Lipinski definition) is 2. The van der Waals surface area contributed by atoms with Crippen molar-refractivity contribution in [3.63, 3.8) is 0 Å². The number of benzene rings is 1. The summed E-state index contributed by atoms with van der Waals surface area (Å²) in [6, 6.07) is 11.5. The second-order valence-electron chi connectivity index (χ2n) is 7.99. The minimum absolute atomic E-state index is 0.142. The highest BCUT2D eigenvalue weighted by Gasteiger charge is 2.42. The van der Waals surface area contributed by atoms with Crippen molar-refractivity contribution >= 4 is 22.8 Å². The summed E-state index contributed by atoms with van der Waals surface area (Å²) in [6.45, 7) is 2.83. The molecule has 1 aromatic carbocycles. The molecule has 0 spiro atoms. The van der Waals surface area contributed by atoms with E-state index >= 15 is 0 Å². The Bertz CT molecular complexity index is 1350. The third-order valence-corrected chi connectivity index (χ3v) is 5.97. The summed E-state index contributed by atoms with van der Waals surface area (Å²) < 4.78 is 8.51. The van der Waals surface area contributed by atoms with Gasteiger partial charge < -0.3 is 10.1 Å². The molecule has 32 heavy (non-hydrogen) atoms. The number of aromatic amines is 1. The number of carbonyl (C=O) groups is 1. The molecule has 1 fully saturated rings. The monoisotopic (exact) mass is 433 g/mol. The van der Waals surface area contributed by atoms with Gasteiger partial charge in [0.15, 0.2) is 5.65 Å². The predicted molar refractivity (Wildman–Crippen MR) is 118 cm³/mol. The van der Waals surface area contributed by atoms with Crippen molar-refractivity contribution in [1.29, 1.82) is 0 Å². The van der Waals surface area contributed by atoms with Crippen LogP contribution in [-0.4, -0.2) is 48.6 Å². The lowest BCUT2D eigenvalue weighted by Gasteiger charge is -2.36. The second-order valence-corrected chi connectivity index (χ2v) is 7.99. The molecule has 164 valence electrons. The summed E-state index contributed by atoms with van der Waals surface area (Å²) in [5, 5.41) is 12.0. The number of H-pyrrole nitrogens is 1.